The van der Waals surface area contributed by atoms with E-state index in [4.69, 9.17) is 14.3 Å². The topological polar surface area (TPSA) is 59.7 Å². The number of aryl methyl sites for hydroxylation is 4. The highest BCUT2D eigenvalue weighted by molar-refractivity contribution is 5.68. The second-order valence-electron chi connectivity index (χ2n) is 7.05. The van der Waals surface area contributed by atoms with Crippen molar-refractivity contribution in [2.24, 2.45) is 0 Å². The number of carboxylic acids is 1. The zero-order valence-corrected chi connectivity index (χ0v) is 16.5. The number of alkyl halides is 3. The maximum atomic E-state index is 12.7. The molecule has 0 aliphatic heterocycles. The molecule has 0 radical (unpaired) electrons. The number of ether oxygens (including phenoxy) is 1. The van der Waals surface area contributed by atoms with Crippen LogP contribution in [0.15, 0.2) is 52.9 Å². The van der Waals surface area contributed by atoms with Crippen LogP contribution in [-0.2, 0) is 23.8 Å². The third-order valence-corrected chi connectivity index (χ3v) is 4.79. The Morgan fingerprint density at radius 1 is 1.03 bits per heavy atom. The van der Waals surface area contributed by atoms with Gasteiger partial charge < -0.3 is 14.3 Å². The van der Waals surface area contributed by atoms with E-state index in [0.717, 1.165) is 41.0 Å². The van der Waals surface area contributed by atoms with Gasteiger partial charge in [0.2, 0.25) is 0 Å². The first-order valence-corrected chi connectivity index (χ1v) is 9.34. The van der Waals surface area contributed by atoms with Crippen molar-refractivity contribution in [2.75, 3.05) is 6.61 Å². The quantitative estimate of drug-likeness (QED) is 0.524. The number of hydrogen-bond donors (Lipinski definition) is 1. The molecule has 1 N–H and O–H groups in total. The average molecular weight is 418 g/mol. The summed E-state index contributed by atoms with van der Waals surface area (Å²) in [6, 6.07) is 12.3. The number of aliphatic carboxylic acids is 1. The molecule has 0 spiro atoms. The minimum absolute atomic E-state index is 0.388. The van der Waals surface area contributed by atoms with E-state index in [0.29, 0.717) is 23.5 Å². The first-order chi connectivity index (χ1) is 14.1. The van der Waals surface area contributed by atoms with Gasteiger partial charge in [-0.3, -0.25) is 0 Å². The van der Waals surface area contributed by atoms with Gasteiger partial charge in [0.15, 0.2) is 6.61 Å². The number of carboxylic acid groups (broad SMARTS) is 1. The summed E-state index contributed by atoms with van der Waals surface area (Å²) in [6.07, 6.45) is -2.94. The molecule has 0 aliphatic carbocycles. The Labute approximate surface area is 171 Å². The van der Waals surface area contributed by atoms with Crippen LogP contribution in [0.5, 0.6) is 5.75 Å². The summed E-state index contributed by atoms with van der Waals surface area (Å²) in [5.41, 5.74) is 2.79. The van der Waals surface area contributed by atoms with Crippen LogP contribution in [0, 0.1) is 13.8 Å². The van der Waals surface area contributed by atoms with Gasteiger partial charge in [0, 0.05) is 5.56 Å². The van der Waals surface area contributed by atoms with E-state index in [-0.39, 0.29) is 6.61 Å². The number of halogens is 3. The van der Waals surface area contributed by atoms with E-state index < -0.39 is 17.7 Å². The van der Waals surface area contributed by atoms with Crippen molar-refractivity contribution in [3.63, 3.8) is 0 Å². The highest BCUT2D eigenvalue weighted by Gasteiger charge is 2.30. The monoisotopic (exact) mass is 418 g/mol. The van der Waals surface area contributed by atoms with Gasteiger partial charge in [0.1, 0.15) is 17.3 Å². The predicted molar refractivity (Wildman–Crippen MR) is 106 cm³/mol. The minimum atomic E-state index is -4.37. The van der Waals surface area contributed by atoms with Crippen LogP contribution in [0.3, 0.4) is 0 Å². The Bertz CT molecular complexity index is 1030. The lowest BCUT2D eigenvalue weighted by molar-refractivity contribution is -0.139. The third kappa shape index (κ3) is 5.23. The average Bonchev–Trinajstić information content (AvgIpc) is 3.05. The Balaban J connectivity index is 1.68. The van der Waals surface area contributed by atoms with Crippen LogP contribution < -0.4 is 4.74 Å². The molecule has 0 fully saturated rings. The molecule has 0 amide bonds. The van der Waals surface area contributed by atoms with Crippen molar-refractivity contribution in [3.8, 4) is 17.1 Å². The van der Waals surface area contributed by atoms with Gasteiger partial charge >= 0.3 is 12.1 Å². The maximum Gasteiger partial charge on any atom is 0.416 e. The van der Waals surface area contributed by atoms with E-state index in [2.05, 4.69) is 0 Å². The van der Waals surface area contributed by atoms with Gasteiger partial charge in [-0.05, 0) is 67.6 Å². The van der Waals surface area contributed by atoms with Crippen LogP contribution in [-0.4, -0.2) is 17.7 Å². The lowest BCUT2D eigenvalue weighted by atomic mass is 10.0. The van der Waals surface area contributed by atoms with Crippen molar-refractivity contribution in [1.82, 2.24) is 0 Å². The maximum absolute atomic E-state index is 12.7. The Hall–Kier alpha value is -3.22. The zero-order valence-electron chi connectivity index (χ0n) is 16.5. The first-order valence-electron chi connectivity index (χ1n) is 9.34. The number of hydrogen-bond acceptors (Lipinski definition) is 3. The Kier molecular flexibility index (Phi) is 6.20. The summed E-state index contributed by atoms with van der Waals surface area (Å²) in [7, 11) is 0. The molecule has 7 heteroatoms. The van der Waals surface area contributed by atoms with Crippen molar-refractivity contribution in [3.05, 3.63) is 76.5 Å². The van der Waals surface area contributed by atoms with E-state index in [1.54, 1.807) is 6.07 Å². The van der Waals surface area contributed by atoms with E-state index in [1.165, 1.54) is 12.1 Å². The summed E-state index contributed by atoms with van der Waals surface area (Å²) < 4.78 is 49.2. The number of rotatable bonds is 7. The molecule has 0 atom stereocenters. The molecule has 0 saturated carbocycles. The van der Waals surface area contributed by atoms with Crippen molar-refractivity contribution in [1.29, 1.82) is 0 Å². The van der Waals surface area contributed by atoms with E-state index >= 15 is 0 Å². The van der Waals surface area contributed by atoms with Gasteiger partial charge in [-0.2, -0.15) is 13.2 Å². The number of furan rings is 1. The minimum Gasteiger partial charge on any atom is -0.482 e. The highest BCUT2D eigenvalue weighted by Crippen LogP contribution is 2.32. The molecule has 3 aromatic rings. The van der Waals surface area contributed by atoms with Crippen LogP contribution in [0.25, 0.3) is 11.3 Å². The van der Waals surface area contributed by atoms with Crippen LogP contribution in [0.1, 0.15) is 28.0 Å². The molecule has 0 unspecified atom stereocenters. The second-order valence-corrected chi connectivity index (χ2v) is 7.05. The summed E-state index contributed by atoms with van der Waals surface area (Å²) >= 11 is 0. The van der Waals surface area contributed by atoms with Gasteiger partial charge in [0.25, 0.3) is 0 Å². The van der Waals surface area contributed by atoms with Crippen molar-refractivity contribution >= 4 is 5.97 Å². The lowest BCUT2D eigenvalue weighted by Crippen LogP contribution is -2.10. The van der Waals surface area contributed by atoms with Crippen LogP contribution >= 0.6 is 0 Å². The molecule has 0 bridgehead atoms. The molecule has 0 saturated heterocycles. The third-order valence-electron chi connectivity index (χ3n) is 4.79. The molecule has 3 rings (SSSR count). The standard InChI is InChI=1S/C23H21F3O4/c1-14-11-16(4-10-20(14)29-13-22(27)28)3-5-18-12-21(30-15(18)2)17-6-8-19(9-7-17)23(24,25)26/h4,6-12H,3,5,13H2,1-2H3,(H,27,28). The SMILES string of the molecule is Cc1cc(CCc2cc(-c3ccc(C(F)(F)F)cc3)oc2C)ccc1OCC(=O)O. The molecular formula is C23H21F3O4. The molecule has 2 aromatic carbocycles. The normalized spacial score (nSPS) is 11.5. The molecular weight excluding hydrogens is 397 g/mol. The van der Waals surface area contributed by atoms with Crippen LogP contribution in [0.2, 0.25) is 0 Å². The first kappa shape index (κ1) is 21.5. The van der Waals surface area contributed by atoms with Gasteiger partial charge in [-0.1, -0.05) is 24.3 Å². The Morgan fingerprint density at radius 2 is 1.73 bits per heavy atom. The fourth-order valence-corrected chi connectivity index (χ4v) is 3.18. The number of carbonyl (C=O) groups is 1. The van der Waals surface area contributed by atoms with E-state index in [1.807, 2.05) is 32.0 Å². The largest absolute Gasteiger partial charge is 0.482 e. The summed E-state index contributed by atoms with van der Waals surface area (Å²) in [5, 5.41) is 8.71. The molecule has 30 heavy (non-hydrogen) atoms. The fraction of sp³-hybridized carbons (Fsp3) is 0.261. The van der Waals surface area contributed by atoms with Gasteiger partial charge in [0.05, 0.1) is 5.56 Å². The molecule has 0 aliphatic rings. The lowest BCUT2D eigenvalue weighted by Gasteiger charge is -2.09. The van der Waals surface area contributed by atoms with Gasteiger partial charge in [-0.15, -0.1) is 0 Å². The fourth-order valence-electron chi connectivity index (χ4n) is 3.18. The van der Waals surface area contributed by atoms with E-state index in [9.17, 15) is 18.0 Å². The van der Waals surface area contributed by atoms with Crippen molar-refractivity contribution in [2.45, 2.75) is 32.9 Å². The van der Waals surface area contributed by atoms with Crippen LogP contribution in [0.4, 0.5) is 13.2 Å². The predicted octanol–water partition coefficient (Wildman–Crippen LogP) is 5.83. The molecule has 158 valence electrons. The molecule has 1 aromatic heterocycles. The molecule has 1 heterocycles. The van der Waals surface area contributed by atoms with Crippen molar-refractivity contribution < 1.29 is 32.2 Å². The molecule has 4 nitrogen and oxygen atoms in total. The van der Waals surface area contributed by atoms with Gasteiger partial charge in [-0.25, -0.2) is 4.79 Å². The summed E-state index contributed by atoms with van der Waals surface area (Å²) in [5.74, 6) is 0.760. The second kappa shape index (κ2) is 8.65. The summed E-state index contributed by atoms with van der Waals surface area (Å²) in [4.78, 5) is 10.6. The zero-order chi connectivity index (χ0) is 21.9. The highest BCUT2D eigenvalue weighted by atomic mass is 19.4. The Morgan fingerprint density at radius 3 is 2.33 bits per heavy atom. The summed E-state index contributed by atoms with van der Waals surface area (Å²) in [6.45, 7) is 3.30. The number of benzene rings is 2. The smallest absolute Gasteiger partial charge is 0.416 e.